The van der Waals surface area contributed by atoms with E-state index in [2.05, 4.69) is 20.5 Å². The van der Waals surface area contributed by atoms with Gasteiger partial charge in [-0.25, -0.2) is 9.07 Å². The fraction of sp³-hybridized carbons (Fsp3) is 0.290. The van der Waals surface area contributed by atoms with E-state index in [1.807, 2.05) is 6.07 Å². The normalized spacial score (nSPS) is 13.5. The molecule has 5 rings (SSSR count). The number of hydrogen-bond acceptors (Lipinski definition) is 7. The largest absolute Gasteiger partial charge is 0.454 e. The Hall–Kier alpha value is -4.81. The third-order valence-electron chi connectivity index (χ3n) is 7.20. The van der Waals surface area contributed by atoms with Gasteiger partial charge in [0.15, 0.2) is 11.6 Å². The molecule has 11 nitrogen and oxygen atoms in total. The van der Waals surface area contributed by atoms with Gasteiger partial charge < -0.3 is 20.1 Å². The fourth-order valence-electron chi connectivity index (χ4n) is 4.83. The van der Waals surface area contributed by atoms with E-state index < -0.39 is 17.3 Å². The number of carbonyl (C=O) groups excluding carboxylic acids is 2. The summed E-state index contributed by atoms with van der Waals surface area (Å²) in [4.78, 5) is 45.2. The molecule has 2 amide bonds. The van der Waals surface area contributed by atoms with Crippen LogP contribution in [0.5, 0.6) is 11.5 Å². The van der Waals surface area contributed by atoms with E-state index in [-0.39, 0.29) is 34.4 Å². The lowest BCUT2D eigenvalue weighted by atomic mass is 10.2. The Balaban J connectivity index is 1.20. The van der Waals surface area contributed by atoms with E-state index in [9.17, 15) is 14.4 Å². The van der Waals surface area contributed by atoms with Crippen molar-refractivity contribution in [3.63, 3.8) is 0 Å². The predicted molar refractivity (Wildman–Crippen MR) is 159 cm³/mol. The molecule has 0 saturated carbocycles. The van der Waals surface area contributed by atoms with Gasteiger partial charge in [-0.3, -0.25) is 28.9 Å². The summed E-state index contributed by atoms with van der Waals surface area (Å²) in [5.41, 5.74) is 0.837. The third kappa shape index (κ3) is 6.99. The highest BCUT2D eigenvalue weighted by Crippen LogP contribution is 2.27. The van der Waals surface area contributed by atoms with Crippen molar-refractivity contribution in [2.45, 2.75) is 13.3 Å². The summed E-state index contributed by atoms with van der Waals surface area (Å²) >= 11 is 0. The van der Waals surface area contributed by atoms with E-state index in [4.69, 9.17) is 9.47 Å². The van der Waals surface area contributed by atoms with Gasteiger partial charge in [0, 0.05) is 50.7 Å². The van der Waals surface area contributed by atoms with Crippen LogP contribution in [0.4, 0.5) is 10.1 Å². The Labute approximate surface area is 247 Å². The van der Waals surface area contributed by atoms with Crippen LogP contribution in [-0.2, 0) is 11.8 Å². The zero-order valence-corrected chi connectivity index (χ0v) is 24.0. The zero-order chi connectivity index (χ0) is 30.3. The number of aromatic nitrogens is 3. The summed E-state index contributed by atoms with van der Waals surface area (Å²) in [6, 6.07) is 15.8. The van der Waals surface area contributed by atoms with Gasteiger partial charge in [-0.1, -0.05) is 18.2 Å². The molecule has 2 aromatic heterocycles. The number of amides is 2. The Kier molecular flexibility index (Phi) is 9.28. The lowest BCUT2D eigenvalue weighted by Crippen LogP contribution is -2.38. The number of nitrogens with zero attached hydrogens (tertiary/aromatic N) is 4. The number of pyridine rings is 1. The van der Waals surface area contributed by atoms with Crippen LogP contribution in [-0.4, -0.2) is 70.5 Å². The van der Waals surface area contributed by atoms with E-state index in [1.54, 1.807) is 42.9 Å². The molecular weight excluding hydrogens is 555 g/mol. The number of rotatable bonds is 10. The van der Waals surface area contributed by atoms with Crippen molar-refractivity contribution in [2.24, 2.45) is 7.05 Å². The summed E-state index contributed by atoms with van der Waals surface area (Å²) in [6.07, 6.45) is 2.21. The number of carbonyl (C=O) groups is 2. The molecule has 0 radical (unpaired) electrons. The summed E-state index contributed by atoms with van der Waals surface area (Å²) in [5.74, 6) is -1.63. The van der Waals surface area contributed by atoms with Crippen LogP contribution in [0.1, 0.15) is 33.0 Å². The van der Waals surface area contributed by atoms with Gasteiger partial charge >= 0.3 is 0 Å². The summed E-state index contributed by atoms with van der Waals surface area (Å²) in [6.45, 7) is 6.27. The van der Waals surface area contributed by atoms with Gasteiger partial charge in [-0.2, -0.15) is 0 Å². The average Bonchev–Trinajstić information content (AvgIpc) is 3.24. The molecule has 2 N–H and O–H groups in total. The standard InChI is InChI=1S/C31H33FN6O5/c1-21-28(31(41)38(36(21)2)23-7-4-3-5-8-23)30(40)35-22-9-10-27(25(32)19-22)43-24-11-13-33-26(20-24)29(39)34-12-6-14-37-15-17-42-18-16-37/h3-5,7-11,13,19-20H,6,12,14-18H2,1-2H3,(H,34,39)(H,35,40). The average molecular weight is 589 g/mol. The maximum Gasteiger partial charge on any atom is 0.284 e. The molecule has 0 spiro atoms. The van der Waals surface area contributed by atoms with Crippen LogP contribution in [0, 0.1) is 12.7 Å². The molecule has 2 aromatic carbocycles. The summed E-state index contributed by atoms with van der Waals surface area (Å²) in [5, 5.41) is 5.45. The highest BCUT2D eigenvalue weighted by molar-refractivity contribution is 6.05. The van der Waals surface area contributed by atoms with Gasteiger partial charge in [0.2, 0.25) is 0 Å². The first-order valence-corrected chi connectivity index (χ1v) is 14.0. The van der Waals surface area contributed by atoms with Crippen molar-refractivity contribution in [3.05, 3.63) is 100.0 Å². The zero-order valence-electron chi connectivity index (χ0n) is 24.0. The predicted octanol–water partition coefficient (Wildman–Crippen LogP) is 3.52. The number of ether oxygens (including phenoxy) is 2. The van der Waals surface area contributed by atoms with E-state index in [0.29, 0.717) is 17.9 Å². The van der Waals surface area contributed by atoms with Gasteiger partial charge in [0.25, 0.3) is 17.4 Å². The Bertz CT molecular complexity index is 1660. The number of para-hydroxylation sites is 1. The number of morpholine rings is 1. The first-order valence-electron chi connectivity index (χ1n) is 14.0. The third-order valence-corrected chi connectivity index (χ3v) is 7.20. The van der Waals surface area contributed by atoms with E-state index in [0.717, 1.165) is 45.3 Å². The number of anilines is 1. The Morgan fingerprint density at radius 3 is 2.56 bits per heavy atom. The van der Waals surface area contributed by atoms with Crippen molar-refractivity contribution >= 4 is 17.5 Å². The Morgan fingerprint density at radius 2 is 1.81 bits per heavy atom. The minimum atomic E-state index is -0.741. The number of hydrogen-bond donors (Lipinski definition) is 2. The quantitative estimate of drug-likeness (QED) is 0.272. The van der Waals surface area contributed by atoms with Crippen molar-refractivity contribution in [3.8, 4) is 17.2 Å². The molecule has 0 atom stereocenters. The smallest absolute Gasteiger partial charge is 0.284 e. The molecular formula is C31H33FN6O5. The molecule has 12 heteroatoms. The Morgan fingerprint density at radius 1 is 1.05 bits per heavy atom. The molecule has 43 heavy (non-hydrogen) atoms. The van der Waals surface area contributed by atoms with E-state index in [1.165, 1.54) is 35.1 Å². The van der Waals surface area contributed by atoms with Crippen molar-refractivity contribution in [2.75, 3.05) is 44.7 Å². The maximum atomic E-state index is 15.0. The van der Waals surface area contributed by atoms with E-state index >= 15 is 4.39 Å². The lowest BCUT2D eigenvalue weighted by Gasteiger charge is -2.26. The van der Waals surface area contributed by atoms with Crippen molar-refractivity contribution < 1.29 is 23.5 Å². The number of nitrogens with one attached hydrogen (secondary N) is 2. The van der Waals surface area contributed by atoms with Crippen LogP contribution in [0.3, 0.4) is 0 Å². The van der Waals surface area contributed by atoms with Gasteiger partial charge in [0.1, 0.15) is 17.0 Å². The topological polar surface area (TPSA) is 120 Å². The van der Waals surface area contributed by atoms with Gasteiger partial charge in [0.05, 0.1) is 24.6 Å². The first kappa shape index (κ1) is 29.7. The van der Waals surface area contributed by atoms with Crippen molar-refractivity contribution in [1.82, 2.24) is 24.6 Å². The highest BCUT2D eigenvalue weighted by atomic mass is 19.1. The molecule has 0 unspecified atom stereocenters. The lowest BCUT2D eigenvalue weighted by molar-refractivity contribution is 0.0374. The second-order valence-electron chi connectivity index (χ2n) is 10.1. The molecule has 1 saturated heterocycles. The van der Waals surface area contributed by atoms with Crippen LogP contribution < -0.4 is 20.9 Å². The molecule has 1 fully saturated rings. The molecule has 224 valence electrons. The van der Waals surface area contributed by atoms with Gasteiger partial charge in [-0.05, 0) is 50.2 Å². The number of benzene rings is 2. The molecule has 3 heterocycles. The first-order chi connectivity index (χ1) is 20.8. The molecule has 0 aliphatic carbocycles. The minimum Gasteiger partial charge on any atom is -0.454 e. The molecule has 1 aliphatic rings. The molecule has 1 aliphatic heterocycles. The second-order valence-corrected chi connectivity index (χ2v) is 10.1. The van der Waals surface area contributed by atoms with Crippen LogP contribution >= 0.6 is 0 Å². The fourth-order valence-corrected chi connectivity index (χ4v) is 4.83. The molecule has 4 aromatic rings. The summed E-state index contributed by atoms with van der Waals surface area (Å²) in [7, 11) is 1.69. The highest BCUT2D eigenvalue weighted by Gasteiger charge is 2.23. The monoisotopic (exact) mass is 588 g/mol. The van der Waals surface area contributed by atoms with Crippen LogP contribution in [0.25, 0.3) is 5.69 Å². The summed E-state index contributed by atoms with van der Waals surface area (Å²) < 4.78 is 29.0. The number of halogens is 1. The minimum absolute atomic E-state index is 0.0456. The second kappa shape index (κ2) is 13.4. The SMILES string of the molecule is Cc1c(C(=O)Nc2ccc(Oc3ccnc(C(=O)NCCCN4CCOCC4)c3)c(F)c2)c(=O)n(-c2ccccc2)n1C. The van der Waals surface area contributed by atoms with Crippen molar-refractivity contribution in [1.29, 1.82) is 0 Å². The van der Waals surface area contributed by atoms with Gasteiger partial charge in [-0.15, -0.1) is 0 Å². The maximum absolute atomic E-state index is 15.0. The molecule has 0 bridgehead atoms. The van der Waals surface area contributed by atoms with Crippen LogP contribution in [0.2, 0.25) is 0 Å². The van der Waals surface area contributed by atoms with Crippen LogP contribution in [0.15, 0.2) is 71.7 Å².